The summed E-state index contributed by atoms with van der Waals surface area (Å²) < 4.78 is 1.68. The number of hydrogen-bond acceptors (Lipinski definition) is 5. The van der Waals surface area contributed by atoms with Crippen molar-refractivity contribution in [3.8, 4) is 5.69 Å². The minimum atomic E-state index is 0.0173. The Labute approximate surface area is 153 Å². The number of carbonyl (C=O) groups is 1. The van der Waals surface area contributed by atoms with Crippen LogP contribution in [0.4, 0.5) is 0 Å². The molecule has 2 rings (SSSR count). The normalized spacial score (nSPS) is 12.2. The summed E-state index contributed by atoms with van der Waals surface area (Å²) >= 11 is 1.35. The van der Waals surface area contributed by atoms with Gasteiger partial charge < -0.3 is 5.32 Å². The van der Waals surface area contributed by atoms with Gasteiger partial charge in [0.05, 0.1) is 11.4 Å². The summed E-state index contributed by atoms with van der Waals surface area (Å²) in [7, 11) is 0. The van der Waals surface area contributed by atoms with Crippen molar-refractivity contribution in [2.45, 2.75) is 64.6 Å². The van der Waals surface area contributed by atoms with E-state index in [1.54, 1.807) is 4.68 Å². The van der Waals surface area contributed by atoms with E-state index < -0.39 is 0 Å². The number of nitrogens with zero attached hydrogens (tertiary/aromatic N) is 4. The Bertz CT molecular complexity index is 701. The Morgan fingerprint density at radius 1 is 1.28 bits per heavy atom. The van der Waals surface area contributed by atoms with Crippen molar-refractivity contribution in [3.05, 3.63) is 29.3 Å². The molecule has 0 saturated carbocycles. The first-order valence-corrected chi connectivity index (χ1v) is 9.78. The van der Waals surface area contributed by atoms with E-state index in [9.17, 15) is 4.79 Å². The van der Waals surface area contributed by atoms with Gasteiger partial charge in [-0.2, -0.15) is 4.68 Å². The van der Waals surface area contributed by atoms with Crippen LogP contribution in [0.15, 0.2) is 23.4 Å². The second kappa shape index (κ2) is 9.56. The molecule has 1 aromatic carbocycles. The van der Waals surface area contributed by atoms with Crippen LogP contribution in [0.1, 0.15) is 50.7 Å². The first-order valence-electron chi connectivity index (χ1n) is 8.79. The number of rotatable bonds is 9. The highest BCUT2D eigenvalue weighted by Crippen LogP contribution is 2.20. The van der Waals surface area contributed by atoms with E-state index in [0.29, 0.717) is 10.9 Å². The molecule has 1 atom stereocenters. The van der Waals surface area contributed by atoms with Crippen molar-refractivity contribution in [2.24, 2.45) is 0 Å². The second-order valence-electron chi connectivity index (χ2n) is 6.39. The molecule has 0 aliphatic heterocycles. The second-order valence-corrected chi connectivity index (χ2v) is 7.34. The molecule has 0 aliphatic carbocycles. The van der Waals surface area contributed by atoms with Crippen LogP contribution in [-0.4, -0.2) is 37.9 Å². The lowest BCUT2D eigenvalue weighted by Gasteiger charge is -2.13. The van der Waals surface area contributed by atoms with Crippen molar-refractivity contribution in [3.63, 3.8) is 0 Å². The zero-order valence-corrected chi connectivity index (χ0v) is 16.3. The van der Waals surface area contributed by atoms with E-state index in [0.717, 1.165) is 18.5 Å². The molecule has 1 unspecified atom stereocenters. The summed E-state index contributed by atoms with van der Waals surface area (Å²) in [6.45, 7) is 8.36. The van der Waals surface area contributed by atoms with E-state index in [4.69, 9.17) is 0 Å². The number of thioether (sulfide) groups is 1. The van der Waals surface area contributed by atoms with Gasteiger partial charge in [-0.1, -0.05) is 44.0 Å². The summed E-state index contributed by atoms with van der Waals surface area (Å²) in [6, 6.07) is 6.28. The third-order valence-corrected chi connectivity index (χ3v) is 5.08. The minimum Gasteiger partial charge on any atom is -0.353 e. The topological polar surface area (TPSA) is 72.7 Å². The maximum atomic E-state index is 12.1. The average Bonchev–Trinajstić information content (AvgIpc) is 3.04. The monoisotopic (exact) mass is 361 g/mol. The molecule has 0 radical (unpaired) electrons. The van der Waals surface area contributed by atoms with Gasteiger partial charge in [0.15, 0.2) is 0 Å². The molecule has 0 fully saturated rings. The number of carbonyl (C=O) groups excluding carboxylic acids is 1. The smallest absolute Gasteiger partial charge is 0.230 e. The van der Waals surface area contributed by atoms with Gasteiger partial charge in [-0.3, -0.25) is 4.79 Å². The molecule has 1 amide bonds. The predicted octanol–water partition coefficient (Wildman–Crippen LogP) is 3.46. The zero-order chi connectivity index (χ0) is 18.2. The lowest BCUT2D eigenvalue weighted by Crippen LogP contribution is -2.33. The van der Waals surface area contributed by atoms with E-state index in [2.05, 4.69) is 48.5 Å². The quantitative estimate of drug-likeness (QED) is 0.547. The van der Waals surface area contributed by atoms with Crippen molar-refractivity contribution in [2.75, 3.05) is 5.75 Å². The zero-order valence-electron chi connectivity index (χ0n) is 15.5. The summed E-state index contributed by atoms with van der Waals surface area (Å²) in [5.74, 6) is 0.326. The number of nitrogens with one attached hydrogen (secondary N) is 1. The van der Waals surface area contributed by atoms with Crippen LogP contribution in [0.3, 0.4) is 0 Å². The standard InChI is InChI=1S/C18H27N5OS/c1-5-6-7-8-15(4)19-17(24)12-25-18-20-21-22-23(18)16-10-9-13(2)14(3)11-16/h9-11,15H,5-8,12H2,1-4H3,(H,19,24). The van der Waals surface area contributed by atoms with Gasteiger partial charge in [0, 0.05) is 6.04 Å². The van der Waals surface area contributed by atoms with Crippen LogP contribution >= 0.6 is 11.8 Å². The minimum absolute atomic E-state index is 0.0173. The molecule has 0 bridgehead atoms. The Kier molecular flexibility index (Phi) is 7.43. The van der Waals surface area contributed by atoms with Gasteiger partial charge in [0.2, 0.25) is 11.1 Å². The molecular formula is C18H27N5OS. The van der Waals surface area contributed by atoms with E-state index >= 15 is 0 Å². The molecule has 0 saturated heterocycles. The number of amides is 1. The number of benzene rings is 1. The van der Waals surface area contributed by atoms with Gasteiger partial charge >= 0.3 is 0 Å². The Hall–Kier alpha value is -1.89. The maximum absolute atomic E-state index is 12.1. The van der Waals surface area contributed by atoms with Crippen LogP contribution in [0.2, 0.25) is 0 Å². The van der Waals surface area contributed by atoms with Crippen molar-refractivity contribution in [1.82, 2.24) is 25.5 Å². The fourth-order valence-electron chi connectivity index (χ4n) is 2.51. The Morgan fingerprint density at radius 2 is 2.08 bits per heavy atom. The summed E-state index contributed by atoms with van der Waals surface area (Å²) in [5.41, 5.74) is 3.31. The highest BCUT2D eigenvalue weighted by molar-refractivity contribution is 7.99. The first kappa shape index (κ1) is 19.4. The van der Waals surface area contributed by atoms with Crippen LogP contribution in [0, 0.1) is 13.8 Å². The predicted molar refractivity (Wildman–Crippen MR) is 101 cm³/mol. The van der Waals surface area contributed by atoms with Gasteiger partial charge in [-0.15, -0.1) is 5.10 Å². The molecule has 7 heteroatoms. The maximum Gasteiger partial charge on any atom is 0.230 e. The molecule has 1 N–H and O–H groups in total. The fraction of sp³-hybridized carbons (Fsp3) is 0.556. The SMILES string of the molecule is CCCCCC(C)NC(=O)CSc1nnnn1-c1ccc(C)c(C)c1. The number of aryl methyl sites for hydroxylation is 2. The molecule has 0 spiro atoms. The summed E-state index contributed by atoms with van der Waals surface area (Å²) in [5, 5.41) is 15.5. The number of tetrazole rings is 1. The van der Waals surface area contributed by atoms with Crippen molar-refractivity contribution < 1.29 is 4.79 Å². The lowest BCUT2D eigenvalue weighted by molar-refractivity contribution is -0.119. The molecule has 136 valence electrons. The molecule has 1 aromatic heterocycles. The molecule has 1 heterocycles. The highest BCUT2D eigenvalue weighted by Gasteiger charge is 2.13. The number of aromatic nitrogens is 4. The number of hydrogen-bond donors (Lipinski definition) is 1. The highest BCUT2D eigenvalue weighted by atomic mass is 32.2. The average molecular weight is 362 g/mol. The van der Waals surface area contributed by atoms with Gasteiger partial charge in [-0.25, -0.2) is 0 Å². The summed E-state index contributed by atoms with van der Waals surface area (Å²) in [6.07, 6.45) is 4.57. The molecule has 25 heavy (non-hydrogen) atoms. The van der Waals surface area contributed by atoms with Crippen molar-refractivity contribution >= 4 is 17.7 Å². The summed E-state index contributed by atoms with van der Waals surface area (Å²) in [4.78, 5) is 12.1. The molecule has 0 aliphatic rings. The van der Waals surface area contributed by atoms with Gasteiger partial charge in [-0.05, 0) is 60.9 Å². The molecule has 6 nitrogen and oxygen atoms in total. The van der Waals surface area contributed by atoms with Crippen LogP contribution in [0.5, 0.6) is 0 Å². The lowest BCUT2D eigenvalue weighted by atomic mass is 10.1. The Morgan fingerprint density at radius 3 is 2.80 bits per heavy atom. The largest absolute Gasteiger partial charge is 0.353 e. The van der Waals surface area contributed by atoms with Crippen molar-refractivity contribution in [1.29, 1.82) is 0 Å². The molecule has 2 aromatic rings. The fourth-order valence-corrected chi connectivity index (χ4v) is 3.21. The van der Waals surface area contributed by atoms with E-state index in [1.165, 1.54) is 35.7 Å². The van der Waals surface area contributed by atoms with Crippen LogP contribution in [0.25, 0.3) is 5.69 Å². The number of unbranched alkanes of at least 4 members (excludes halogenated alkanes) is 2. The van der Waals surface area contributed by atoms with E-state index in [1.807, 2.05) is 18.2 Å². The Balaban J connectivity index is 1.90. The van der Waals surface area contributed by atoms with Crippen LogP contribution < -0.4 is 5.32 Å². The van der Waals surface area contributed by atoms with Gasteiger partial charge in [0.1, 0.15) is 0 Å². The van der Waals surface area contributed by atoms with E-state index in [-0.39, 0.29) is 11.9 Å². The third kappa shape index (κ3) is 5.85. The van der Waals surface area contributed by atoms with Crippen LogP contribution in [-0.2, 0) is 4.79 Å². The molecular weight excluding hydrogens is 334 g/mol. The first-order chi connectivity index (χ1) is 12.0. The third-order valence-electron chi connectivity index (χ3n) is 4.16. The van der Waals surface area contributed by atoms with Gasteiger partial charge in [0.25, 0.3) is 0 Å².